The summed E-state index contributed by atoms with van der Waals surface area (Å²) >= 11 is 0. The summed E-state index contributed by atoms with van der Waals surface area (Å²) in [5.74, 6) is 1.41. The van der Waals surface area contributed by atoms with E-state index in [1.165, 1.54) is 43.4 Å². The summed E-state index contributed by atoms with van der Waals surface area (Å²) in [5, 5.41) is 8.19. The molecule has 0 spiro atoms. The van der Waals surface area contributed by atoms with E-state index in [1.807, 2.05) is 11.7 Å². The SMILES string of the molecule is CCNC(=NCC1(N2CCOCC2)CCCCC1)N(C)Cc1cn(C)nc1C(C)C.I. The highest BCUT2D eigenvalue weighted by Gasteiger charge is 2.38. The van der Waals surface area contributed by atoms with Crippen LogP contribution in [-0.2, 0) is 18.3 Å². The Morgan fingerprint density at radius 2 is 1.94 bits per heavy atom. The van der Waals surface area contributed by atoms with Gasteiger partial charge in [0.2, 0.25) is 0 Å². The highest BCUT2D eigenvalue weighted by molar-refractivity contribution is 14.0. The Morgan fingerprint density at radius 1 is 1.26 bits per heavy atom. The number of nitrogens with zero attached hydrogens (tertiary/aromatic N) is 5. The van der Waals surface area contributed by atoms with Crippen LogP contribution < -0.4 is 5.32 Å². The molecule has 2 heterocycles. The normalized spacial score (nSPS) is 19.9. The zero-order valence-corrected chi connectivity index (χ0v) is 22.5. The lowest BCUT2D eigenvalue weighted by atomic mass is 9.80. The van der Waals surface area contributed by atoms with E-state index in [4.69, 9.17) is 9.73 Å². The lowest BCUT2D eigenvalue weighted by molar-refractivity contribution is -0.0334. The van der Waals surface area contributed by atoms with Gasteiger partial charge in [-0.3, -0.25) is 14.6 Å². The summed E-state index contributed by atoms with van der Waals surface area (Å²) in [6.07, 6.45) is 8.62. The van der Waals surface area contributed by atoms with Gasteiger partial charge in [0.25, 0.3) is 0 Å². The van der Waals surface area contributed by atoms with Crippen molar-refractivity contribution in [3.05, 3.63) is 17.5 Å². The van der Waals surface area contributed by atoms with E-state index in [9.17, 15) is 0 Å². The van der Waals surface area contributed by atoms with Gasteiger partial charge in [-0.1, -0.05) is 33.1 Å². The molecule has 178 valence electrons. The van der Waals surface area contributed by atoms with E-state index in [1.54, 1.807) is 0 Å². The van der Waals surface area contributed by atoms with Crippen molar-refractivity contribution in [2.75, 3.05) is 46.4 Å². The predicted molar refractivity (Wildman–Crippen MR) is 138 cm³/mol. The van der Waals surface area contributed by atoms with Crippen LogP contribution in [0.15, 0.2) is 11.2 Å². The number of rotatable bonds is 7. The van der Waals surface area contributed by atoms with E-state index in [0.29, 0.717) is 5.92 Å². The Kier molecular flexibility index (Phi) is 10.5. The van der Waals surface area contributed by atoms with Gasteiger partial charge in [-0.15, -0.1) is 24.0 Å². The molecule has 0 atom stereocenters. The molecule has 0 unspecified atom stereocenters. The fraction of sp³-hybridized carbons (Fsp3) is 0.826. The third kappa shape index (κ3) is 6.81. The summed E-state index contributed by atoms with van der Waals surface area (Å²) in [6, 6.07) is 0. The zero-order valence-electron chi connectivity index (χ0n) is 20.2. The van der Waals surface area contributed by atoms with E-state index in [0.717, 1.165) is 51.9 Å². The van der Waals surface area contributed by atoms with E-state index in [2.05, 4.69) is 54.2 Å². The summed E-state index contributed by atoms with van der Waals surface area (Å²) < 4.78 is 7.56. The van der Waals surface area contributed by atoms with Crippen LogP contribution >= 0.6 is 24.0 Å². The second-order valence-corrected chi connectivity index (χ2v) is 9.28. The minimum absolute atomic E-state index is 0. The molecule has 31 heavy (non-hydrogen) atoms. The van der Waals surface area contributed by atoms with Crippen molar-refractivity contribution in [2.45, 2.75) is 70.9 Å². The summed E-state index contributed by atoms with van der Waals surface area (Å²) in [5.41, 5.74) is 2.65. The van der Waals surface area contributed by atoms with Crippen LogP contribution in [0.1, 0.15) is 70.1 Å². The average molecular weight is 547 g/mol. The summed E-state index contributed by atoms with van der Waals surface area (Å²) in [6.45, 7) is 12.9. The number of halogens is 1. The largest absolute Gasteiger partial charge is 0.379 e. The molecule has 1 saturated carbocycles. The summed E-state index contributed by atoms with van der Waals surface area (Å²) in [7, 11) is 4.14. The highest BCUT2D eigenvalue weighted by atomic mass is 127. The van der Waals surface area contributed by atoms with Crippen LogP contribution in [-0.4, -0.2) is 77.5 Å². The van der Waals surface area contributed by atoms with Gasteiger partial charge in [0.05, 0.1) is 25.5 Å². The number of guanidine groups is 1. The van der Waals surface area contributed by atoms with Gasteiger partial charge in [-0.2, -0.15) is 5.10 Å². The average Bonchev–Trinajstić information content (AvgIpc) is 3.12. The third-order valence-electron chi connectivity index (χ3n) is 6.58. The molecule has 1 saturated heterocycles. The molecular formula is C23H43IN6O. The standard InChI is InChI=1S/C23H42N6O.HI/c1-6-24-22(27(4)16-20-17-28(5)26-21(20)19(2)3)25-18-23(10-8-7-9-11-23)29-12-14-30-15-13-29;/h17,19H,6-16,18H2,1-5H3,(H,24,25);1H. The molecular weight excluding hydrogens is 503 g/mol. The predicted octanol–water partition coefficient (Wildman–Crippen LogP) is 3.59. The smallest absolute Gasteiger partial charge is 0.194 e. The quantitative estimate of drug-likeness (QED) is 0.322. The maximum atomic E-state index is 5.63. The zero-order chi connectivity index (χ0) is 21.6. The molecule has 2 aliphatic rings. The van der Waals surface area contributed by atoms with Crippen molar-refractivity contribution in [2.24, 2.45) is 12.0 Å². The molecule has 1 aliphatic heterocycles. The molecule has 1 aliphatic carbocycles. The van der Waals surface area contributed by atoms with Crippen LogP contribution in [0.4, 0.5) is 0 Å². The number of nitrogens with one attached hydrogen (secondary N) is 1. The molecule has 3 rings (SSSR count). The van der Waals surface area contributed by atoms with Crippen LogP contribution in [0.3, 0.4) is 0 Å². The summed E-state index contributed by atoms with van der Waals surface area (Å²) in [4.78, 5) is 10.1. The van der Waals surface area contributed by atoms with Crippen LogP contribution in [0, 0.1) is 0 Å². The topological polar surface area (TPSA) is 57.9 Å². The number of morpholine rings is 1. The van der Waals surface area contributed by atoms with E-state index >= 15 is 0 Å². The van der Waals surface area contributed by atoms with Crippen molar-refractivity contribution in [1.82, 2.24) is 24.9 Å². The minimum Gasteiger partial charge on any atom is -0.379 e. The van der Waals surface area contributed by atoms with Gasteiger partial charge < -0.3 is 15.0 Å². The van der Waals surface area contributed by atoms with Gasteiger partial charge in [0.1, 0.15) is 0 Å². The second-order valence-electron chi connectivity index (χ2n) is 9.28. The first-order valence-electron chi connectivity index (χ1n) is 11.8. The first-order chi connectivity index (χ1) is 14.4. The van der Waals surface area contributed by atoms with Crippen LogP contribution in [0.5, 0.6) is 0 Å². The van der Waals surface area contributed by atoms with Crippen molar-refractivity contribution >= 4 is 29.9 Å². The van der Waals surface area contributed by atoms with Gasteiger partial charge in [0, 0.05) is 57.6 Å². The third-order valence-corrected chi connectivity index (χ3v) is 6.58. The maximum absolute atomic E-state index is 5.63. The van der Waals surface area contributed by atoms with Crippen LogP contribution in [0.2, 0.25) is 0 Å². The molecule has 7 nitrogen and oxygen atoms in total. The van der Waals surface area contributed by atoms with Gasteiger partial charge in [0.15, 0.2) is 5.96 Å². The molecule has 2 fully saturated rings. The minimum atomic E-state index is 0. The Labute approximate surface area is 206 Å². The fourth-order valence-electron chi connectivity index (χ4n) is 5.01. The number of aliphatic imine (C=N–C) groups is 1. The molecule has 8 heteroatoms. The van der Waals surface area contributed by atoms with Gasteiger partial charge >= 0.3 is 0 Å². The fourth-order valence-corrected chi connectivity index (χ4v) is 5.01. The van der Waals surface area contributed by atoms with E-state index in [-0.39, 0.29) is 29.5 Å². The van der Waals surface area contributed by atoms with Crippen molar-refractivity contribution in [3.8, 4) is 0 Å². The number of hydrogen-bond donors (Lipinski definition) is 1. The highest BCUT2D eigenvalue weighted by Crippen LogP contribution is 2.34. The molecule has 1 aromatic heterocycles. The van der Waals surface area contributed by atoms with Crippen LogP contribution in [0.25, 0.3) is 0 Å². The van der Waals surface area contributed by atoms with Crippen molar-refractivity contribution in [3.63, 3.8) is 0 Å². The van der Waals surface area contributed by atoms with E-state index < -0.39 is 0 Å². The number of hydrogen-bond acceptors (Lipinski definition) is 4. The lowest BCUT2D eigenvalue weighted by Gasteiger charge is -2.47. The Balaban J connectivity index is 0.00000341. The second kappa shape index (κ2) is 12.4. The number of aromatic nitrogens is 2. The molecule has 0 aromatic carbocycles. The first-order valence-corrected chi connectivity index (χ1v) is 11.8. The monoisotopic (exact) mass is 546 g/mol. The molecule has 1 aromatic rings. The van der Waals surface area contributed by atoms with Gasteiger partial charge in [-0.05, 0) is 25.7 Å². The Morgan fingerprint density at radius 3 is 2.55 bits per heavy atom. The maximum Gasteiger partial charge on any atom is 0.194 e. The molecule has 1 N–H and O–H groups in total. The first kappa shape index (κ1) is 26.4. The van der Waals surface area contributed by atoms with Crippen molar-refractivity contribution < 1.29 is 4.74 Å². The number of aryl methyl sites for hydroxylation is 1. The van der Waals surface area contributed by atoms with Gasteiger partial charge in [-0.25, -0.2) is 0 Å². The molecule has 0 amide bonds. The Bertz CT molecular complexity index is 692. The number of ether oxygens (including phenoxy) is 1. The molecule has 0 bridgehead atoms. The van der Waals surface area contributed by atoms with Crippen molar-refractivity contribution in [1.29, 1.82) is 0 Å². The molecule has 0 radical (unpaired) electrons. The Hall–Kier alpha value is -0.870. The lowest BCUT2D eigenvalue weighted by Crippen LogP contribution is -2.56.